The van der Waals surface area contributed by atoms with Crippen LogP contribution in [0.5, 0.6) is 0 Å². The lowest BCUT2D eigenvalue weighted by molar-refractivity contribution is 0.693. The standard InChI is InChI=1S/C36H35N3.C3H8.C2H6/c1-4-29(3)36(37)39(27-31-17-11-7-12-18-31)34-24-22-33(23-25-34)38-35-19-13-5-8-14-28(2)20-21-32(35)26-30-15-9-6-10-16-30;1-3-2;1-2/h1,5-18,20-25,36,38H,2-3,19,26-27,37H2;3H2,1-2H3;1-2H3/b13-5-,14-8-,21-20-,35-32-;;. The first-order valence-electron chi connectivity index (χ1n) is 15.5. The molecule has 3 aromatic carbocycles. The predicted molar refractivity (Wildman–Crippen MR) is 194 cm³/mol. The third kappa shape index (κ3) is 11.8. The van der Waals surface area contributed by atoms with Gasteiger partial charge >= 0.3 is 0 Å². The average Bonchev–Trinajstić information content (AvgIpc) is 3.06. The topological polar surface area (TPSA) is 41.3 Å². The summed E-state index contributed by atoms with van der Waals surface area (Å²) in [5.74, 6) is 2.61. The first kappa shape index (κ1) is 35.4. The van der Waals surface area contributed by atoms with E-state index in [0.717, 1.165) is 41.1 Å². The monoisotopic (exact) mass is 583 g/mol. The van der Waals surface area contributed by atoms with Gasteiger partial charge < -0.3 is 16.0 Å². The fraction of sp³-hybridized carbons (Fsp3) is 0.220. The Balaban J connectivity index is 0.00000127. The highest BCUT2D eigenvalue weighted by Crippen LogP contribution is 2.26. The van der Waals surface area contributed by atoms with E-state index in [1.165, 1.54) is 17.6 Å². The molecule has 0 spiro atoms. The second-order valence-corrected chi connectivity index (χ2v) is 10.2. The van der Waals surface area contributed by atoms with Crippen molar-refractivity contribution in [3.8, 4) is 12.3 Å². The molecule has 1 aliphatic carbocycles. The number of hydrogen-bond donors (Lipinski definition) is 2. The maximum absolute atomic E-state index is 6.53. The molecule has 0 bridgehead atoms. The quantitative estimate of drug-likeness (QED) is 0.194. The minimum Gasteiger partial charge on any atom is -0.358 e. The van der Waals surface area contributed by atoms with Crippen LogP contribution in [0.25, 0.3) is 0 Å². The SMILES string of the molecule is C#CC(=C)C(N)N(Cc1ccccc1)c1ccc(N/C2=C(Cc3ccccc3)/C=C\C(=C)/C=C\C=C/C2)cc1.CC.CCC. The van der Waals surface area contributed by atoms with Gasteiger partial charge in [0.15, 0.2) is 0 Å². The molecule has 1 unspecified atom stereocenters. The Morgan fingerprint density at radius 2 is 1.48 bits per heavy atom. The largest absolute Gasteiger partial charge is 0.358 e. The maximum atomic E-state index is 6.53. The Labute approximate surface area is 266 Å². The molecule has 3 heteroatoms. The van der Waals surface area contributed by atoms with Gasteiger partial charge in [0.05, 0.1) is 0 Å². The zero-order chi connectivity index (χ0) is 32.2. The Hall–Kier alpha value is -4.78. The van der Waals surface area contributed by atoms with Gasteiger partial charge in [0, 0.05) is 35.6 Å². The van der Waals surface area contributed by atoms with Crippen LogP contribution in [0.1, 0.15) is 51.7 Å². The normalized spacial score (nSPS) is 16.8. The van der Waals surface area contributed by atoms with Crippen LogP contribution in [0.15, 0.2) is 157 Å². The summed E-state index contributed by atoms with van der Waals surface area (Å²) in [6, 6.07) is 29.0. The highest BCUT2D eigenvalue weighted by atomic mass is 15.2. The fourth-order valence-corrected chi connectivity index (χ4v) is 4.37. The minimum absolute atomic E-state index is 0.496. The summed E-state index contributed by atoms with van der Waals surface area (Å²) in [4.78, 5) is 2.08. The van der Waals surface area contributed by atoms with Crippen LogP contribution >= 0.6 is 0 Å². The van der Waals surface area contributed by atoms with Gasteiger partial charge in [0.2, 0.25) is 0 Å². The van der Waals surface area contributed by atoms with Crippen molar-refractivity contribution >= 4 is 11.4 Å². The summed E-state index contributed by atoms with van der Waals surface area (Å²) < 4.78 is 0. The zero-order valence-electron chi connectivity index (χ0n) is 27.0. The molecule has 1 aliphatic rings. The van der Waals surface area contributed by atoms with Crippen LogP contribution in [0, 0.1) is 12.3 Å². The molecule has 3 N–H and O–H groups in total. The molecule has 3 aromatic rings. The van der Waals surface area contributed by atoms with Gasteiger partial charge in [-0.25, -0.2) is 0 Å². The van der Waals surface area contributed by atoms with E-state index < -0.39 is 6.17 Å². The Bertz CT molecular complexity index is 1450. The molecule has 44 heavy (non-hydrogen) atoms. The number of allylic oxidation sites excluding steroid dienone is 8. The molecule has 0 radical (unpaired) electrons. The molecule has 0 amide bonds. The summed E-state index contributed by atoms with van der Waals surface area (Å²) in [5, 5.41) is 3.68. The highest BCUT2D eigenvalue weighted by Gasteiger charge is 2.18. The second kappa shape index (κ2) is 20.2. The molecule has 0 heterocycles. The van der Waals surface area contributed by atoms with Crippen molar-refractivity contribution in [2.75, 3.05) is 10.2 Å². The Kier molecular flexibility index (Phi) is 16.2. The molecule has 0 aliphatic heterocycles. The van der Waals surface area contributed by atoms with Gasteiger partial charge in [-0.1, -0.05) is 150 Å². The summed E-state index contributed by atoms with van der Waals surface area (Å²) in [5.41, 5.74) is 14.8. The molecule has 0 fully saturated rings. The Morgan fingerprint density at radius 1 is 0.886 bits per heavy atom. The van der Waals surface area contributed by atoms with Crippen LogP contribution in [-0.2, 0) is 13.0 Å². The number of rotatable bonds is 9. The van der Waals surface area contributed by atoms with E-state index in [9.17, 15) is 0 Å². The van der Waals surface area contributed by atoms with Crippen LogP contribution in [0.4, 0.5) is 11.4 Å². The maximum Gasteiger partial charge on any atom is 0.111 e. The molecule has 0 saturated heterocycles. The van der Waals surface area contributed by atoms with Gasteiger partial charge in [-0.3, -0.25) is 0 Å². The Morgan fingerprint density at radius 3 is 2.07 bits per heavy atom. The lowest BCUT2D eigenvalue weighted by atomic mass is 9.99. The summed E-state index contributed by atoms with van der Waals surface area (Å²) in [7, 11) is 0. The average molecular weight is 584 g/mol. The van der Waals surface area contributed by atoms with E-state index >= 15 is 0 Å². The molecule has 3 nitrogen and oxygen atoms in total. The van der Waals surface area contributed by atoms with Crippen molar-refractivity contribution in [2.45, 2.75) is 59.7 Å². The van der Waals surface area contributed by atoms with Crippen molar-refractivity contribution in [3.05, 3.63) is 168 Å². The van der Waals surface area contributed by atoms with Crippen LogP contribution < -0.4 is 16.0 Å². The number of terminal acetylenes is 1. The molecular weight excluding hydrogens is 534 g/mol. The molecule has 0 saturated carbocycles. The van der Waals surface area contributed by atoms with Gasteiger partial charge in [0.25, 0.3) is 0 Å². The van der Waals surface area contributed by atoms with Crippen molar-refractivity contribution in [1.29, 1.82) is 0 Å². The van der Waals surface area contributed by atoms with Crippen LogP contribution in [0.2, 0.25) is 0 Å². The van der Waals surface area contributed by atoms with Gasteiger partial charge in [0.1, 0.15) is 6.17 Å². The minimum atomic E-state index is -0.496. The van der Waals surface area contributed by atoms with Gasteiger partial charge in [-0.05, 0) is 53.0 Å². The van der Waals surface area contributed by atoms with Crippen molar-refractivity contribution in [2.24, 2.45) is 5.73 Å². The molecule has 4 rings (SSSR count). The number of anilines is 2. The van der Waals surface area contributed by atoms with Crippen molar-refractivity contribution < 1.29 is 0 Å². The van der Waals surface area contributed by atoms with E-state index in [1.807, 2.05) is 50.3 Å². The third-order valence-corrected chi connectivity index (χ3v) is 6.57. The number of nitrogens with zero attached hydrogens (tertiary/aromatic N) is 1. The summed E-state index contributed by atoms with van der Waals surface area (Å²) >= 11 is 0. The summed E-state index contributed by atoms with van der Waals surface area (Å²) in [6.07, 6.45) is 20.5. The molecule has 228 valence electrons. The first-order valence-corrected chi connectivity index (χ1v) is 15.5. The molecular formula is C41H49N3. The number of nitrogens with two attached hydrogens (primary N) is 1. The molecule has 0 aromatic heterocycles. The van der Waals surface area contributed by atoms with Gasteiger partial charge in [-0.2, -0.15) is 0 Å². The predicted octanol–water partition coefficient (Wildman–Crippen LogP) is 10.1. The van der Waals surface area contributed by atoms with Crippen LogP contribution in [0.3, 0.4) is 0 Å². The van der Waals surface area contributed by atoms with E-state index in [0.29, 0.717) is 12.1 Å². The fourth-order valence-electron chi connectivity index (χ4n) is 4.37. The highest BCUT2D eigenvalue weighted by molar-refractivity contribution is 5.60. The van der Waals surface area contributed by atoms with E-state index in [4.69, 9.17) is 12.2 Å². The lowest BCUT2D eigenvalue weighted by Gasteiger charge is -2.31. The number of nitrogens with one attached hydrogen (secondary N) is 1. The number of benzene rings is 3. The van der Waals surface area contributed by atoms with E-state index in [-0.39, 0.29) is 0 Å². The molecule has 1 atom stereocenters. The van der Waals surface area contributed by atoms with Crippen molar-refractivity contribution in [3.63, 3.8) is 0 Å². The van der Waals surface area contributed by atoms with Crippen LogP contribution in [-0.4, -0.2) is 6.17 Å². The smallest absolute Gasteiger partial charge is 0.111 e. The zero-order valence-corrected chi connectivity index (χ0v) is 27.0. The van der Waals surface area contributed by atoms with E-state index in [1.54, 1.807) is 0 Å². The third-order valence-electron chi connectivity index (χ3n) is 6.57. The van der Waals surface area contributed by atoms with Gasteiger partial charge in [-0.15, -0.1) is 6.42 Å². The summed E-state index contributed by atoms with van der Waals surface area (Å²) in [6.45, 7) is 17.0. The van der Waals surface area contributed by atoms with E-state index in [2.05, 4.69) is 128 Å². The van der Waals surface area contributed by atoms with Crippen molar-refractivity contribution in [1.82, 2.24) is 0 Å². The second-order valence-electron chi connectivity index (χ2n) is 10.2. The number of hydrogen-bond acceptors (Lipinski definition) is 3. The lowest BCUT2D eigenvalue weighted by Crippen LogP contribution is -2.42. The first-order chi connectivity index (χ1) is 21.4.